The zero-order chi connectivity index (χ0) is 11.8. The van der Waals surface area contributed by atoms with Gasteiger partial charge in [0.1, 0.15) is 0 Å². The van der Waals surface area contributed by atoms with Crippen molar-refractivity contribution in [3.8, 4) is 0 Å². The number of halogens is 3. The summed E-state index contributed by atoms with van der Waals surface area (Å²) in [6.07, 6.45) is 1.74. The summed E-state index contributed by atoms with van der Waals surface area (Å²) in [7, 11) is 1.70. The fraction of sp³-hybridized carbons (Fsp3) is 0.444. The number of Topliss-reactive ketones (excluding diaryl/α,β-unsaturated/α-hetero) is 1. The number of ketones is 1. The average Bonchev–Trinajstić information content (AvgIpc) is 2.44. The largest absolute Gasteiger partial charge is 0.348 e. The van der Waals surface area contributed by atoms with Gasteiger partial charge in [-0.15, -0.1) is 0 Å². The van der Waals surface area contributed by atoms with Crippen LogP contribution in [0, 0.1) is 0 Å². The molecule has 1 aromatic heterocycles. The van der Waals surface area contributed by atoms with Gasteiger partial charge in [-0.1, -0.05) is 34.8 Å². The number of hydrogen-bond donors (Lipinski definition) is 1. The quantitative estimate of drug-likeness (QED) is 0.663. The Morgan fingerprint density at radius 2 is 2.07 bits per heavy atom. The van der Waals surface area contributed by atoms with Crippen molar-refractivity contribution in [3.05, 3.63) is 23.5 Å². The van der Waals surface area contributed by atoms with Crippen molar-refractivity contribution in [2.75, 3.05) is 0 Å². The number of nitrogens with two attached hydrogens (primary N) is 1. The molecule has 0 fully saturated rings. The van der Waals surface area contributed by atoms with Crippen molar-refractivity contribution in [3.63, 3.8) is 0 Å². The lowest BCUT2D eigenvalue weighted by Gasteiger charge is -2.09. The lowest BCUT2D eigenvalue weighted by Crippen LogP contribution is -2.21. The summed E-state index contributed by atoms with van der Waals surface area (Å²) < 4.78 is -0.329. The maximum Gasteiger partial charge on any atom is 0.255 e. The third kappa shape index (κ3) is 2.88. The van der Waals surface area contributed by atoms with E-state index >= 15 is 0 Å². The minimum atomic E-state index is -1.93. The van der Waals surface area contributed by atoms with E-state index in [4.69, 9.17) is 40.5 Å². The van der Waals surface area contributed by atoms with Crippen LogP contribution in [-0.2, 0) is 7.05 Å². The van der Waals surface area contributed by atoms with Crippen LogP contribution in [-0.4, -0.2) is 14.1 Å². The first-order valence-electron chi connectivity index (χ1n) is 4.27. The van der Waals surface area contributed by atoms with E-state index in [2.05, 4.69) is 0 Å². The second-order valence-corrected chi connectivity index (χ2v) is 5.67. The van der Waals surface area contributed by atoms with Gasteiger partial charge < -0.3 is 10.3 Å². The van der Waals surface area contributed by atoms with E-state index in [-0.39, 0.29) is 6.04 Å². The molecule has 1 heterocycles. The van der Waals surface area contributed by atoms with Crippen LogP contribution in [0.1, 0.15) is 29.0 Å². The summed E-state index contributed by atoms with van der Waals surface area (Å²) in [6, 6.07) is 1.47. The monoisotopic (exact) mass is 268 g/mol. The lowest BCUT2D eigenvalue weighted by molar-refractivity contribution is 0.0988. The van der Waals surface area contributed by atoms with Gasteiger partial charge in [-0.05, 0) is 18.6 Å². The molecule has 0 saturated heterocycles. The number of hydrogen-bond acceptors (Lipinski definition) is 2. The minimum absolute atomic E-state index is 0.159. The summed E-state index contributed by atoms with van der Waals surface area (Å²) in [5, 5.41) is 0. The summed E-state index contributed by atoms with van der Waals surface area (Å²) >= 11 is 16.5. The fourth-order valence-corrected chi connectivity index (χ4v) is 1.50. The number of aromatic nitrogens is 1. The Bertz CT molecular complexity index is 379. The molecule has 6 heteroatoms. The Balaban J connectivity index is 3.11. The van der Waals surface area contributed by atoms with Gasteiger partial charge in [-0.25, -0.2) is 0 Å². The summed E-state index contributed by atoms with van der Waals surface area (Å²) in [5.74, 6) is -0.554. The number of aryl methyl sites for hydroxylation is 1. The highest BCUT2D eigenvalue weighted by molar-refractivity contribution is 6.77. The minimum Gasteiger partial charge on any atom is -0.348 e. The number of rotatable bonds is 2. The Kier molecular flexibility index (Phi) is 3.71. The van der Waals surface area contributed by atoms with E-state index in [1.807, 2.05) is 6.92 Å². The Morgan fingerprint density at radius 1 is 1.53 bits per heavy atom. The maximum atomic E-state index is 11.7. The van der Waals surface area contributed by atoms with Crippen molar-refractivity contribution in [1.29, 1.82) is 0 Å². The molecule has 0 radical (unpaired) electrons. The van der Waals surface area contributed by atoms with Crippen molar-refractivity contribution < 1.29 is 4.79 Å². The van der Waals surface area contributed by atoms with Crippen molar-refractivity contribution in [1.82, 2.24) is 4.57 Å². The van der Waals surface area contributed by atoms with E-state index in [0.29, 0.717) is 5.69 Å². The first-order chi connectivity index (χ1) is 6.73. The first-order valence-corrected chi connectivity index (χ1v) is 5.40. The highest BCUT2D eigenvalue weighted by atomic mass is 35.6. The average molecular weight is 270 g/mol. The van der Waals surface area contributed by atoms with Crippen LogP contribution < -0.4 is 5.73 Å². The second kappa shape index (κ2) is 4.34. The van der Waals surface area contributed by atoms with Crippen LogP contribution in [0.25, 0.3) is 0 Å². The van der Waals surface area contributed by atoms with Gasteiger partial charge in [-0.3, -0.25) is 4.79 Å². The van der Waals surface area contributed by atoms with Crippen LogP contribution in [0.3, 0.4) is 0 Å². The molecule has 0 spiro atoms. The molecule has 84 valence electrons. The van der Waals surface area contributed by atoms with Crippen molar-refractivity contribution >= 4 is 40.6 Å². The smallest absolute Gasteiger partial charge is 0.255 e. The van der Waals surface area contributed by atoms with Crippen LogP contribution in [0.4, 0.5) is 0 Å². The standard InChI is InChI=1S/C9H11Cl3N2O/c1-5(13)6-3-7(14(2)4-6)8(15)9(10,11)12/h3-5H,13H2,1-2H3/t5-/m0/s1. The summed E-state index contributed by atoms with van der Waals surface area (Å²) in [4.78, 5) is 11.7. The van der Waals surface area contributed by atoms with E-state index in [1.165, 1.54) is 0 Å². The number of carbonyl (C=O) groups is 1. The van der Waals surface area contributed by atoms with Gasteiger partial charge in [0.2, 0.25) is 5.78 Å². The van der Waals surface area contributed by atoms with E-state index in [1.54, 1.807) is 23.9 Å². The van der Waals surface area contributed by atoms with Crippen LogP contribution >= 0.6 is 34.8 Å². The molecule has 0 amide bonds. The Labute approximate surface area is 103 Å². The van der Waals surface area contributed by atoms with Gasteiger partial charge in [0.15, 0.2) is 0 Å². The normalized spacial score (nSPS) is 14.0. The molecule has 15 heavy (non-hydrogen) atoms. The molecule has 1 aromatic rings. The molecule has 1 rings (SSSR count). The molecule has 0 aliphatic carbocycles. The Morgan fingerprint density at radius 3 is 2.40 bits per heavy atom. The molecule has 0 unspecified atom stereocenters. The number of carbonyl (C=O) groups excluding carboxylic acids is 1. The van der Waals surface area contributed by atoms with Gasteiger partial charge in [-0.2, -0.15) is 0 Å². The van der Waals surface area contributed by atoms with E-state index in [9.17, 15) is 4.79 Å². The number of nitrogens with zero attached hydrogens (tertiary/aromatic N) is 1. The molecule has 0 saturated carbocycles. The predicted molar refractivity (Wildman–Crippen MR) is 62.6 cm³/mol. The third-order valence-electron chi connectivity index (χ3n) is 2.04. The van der Waals surface area contributed by atoms with Crippen LogP contribution in [0.15, 0.2) is 12.3 Å². The topological polar surface area (TPSA) is 48.0 Å². The molecular weight excluding hydrogens is 258 g/mol. The molecule has 1 atom stereocenters. The highest BCUT2D eigenvalue weighted by Gasteiger charge is 2.33. The second-order valence-electron chi connectivity index (χ2n) is 3.39. The van der Waals surface area contributed by atoms with Crippen molar-refractivity contribution in [2.45, 2.75) is 16.8 Å². The lowest BCUT2D eigenvalue weighted by atomic mass is 10.2. The highest BCUT2D eigenvalue weighted by Crippen LogP contribution is 2.31. The molecule has 0 aromatic carbocycles. The van der Waals surface area contributed by atoms with Gasteiger partial charge >= 0.3 is 0 Å². The maximum absolute atomic E-state index is 11.7. The molecule has 0 bridgehead atoms. The molecule has 2 N–H and O–H groups in total. The molecule has 0 aliphatic heterocycles. The Hall–Kier alpha value is -0.220. The summed E-state index contributed by atoms with van der Waals surface area (Å²) in [6.45, 7) is 1.82. The van der Waals surface area contributed by atoms with Crippen molar-refractivity contribution in [2.24, 2.45) is 12.8 Å². The predicted octanol–water partition coefficient (Wildman–Crippen LogP) is 2.60. The summed E-state index contributed by atoms with van der Waals surface area (Å²) in [5.41, 5.74) is 6.85. The zero-order valence-corrected chi connectivity index (χ0v) is 10.6. The molecule has 3 nitrogen and oxygen atoms in total. The molecular formula is C9H11Cl3N2O. The van der Waals surface area contributed by atoms with Gasteiger partial charge in [0.25, 0.3) is 3.79 Å². The molecule has 0 aliphatic rings. The first kappa shape index (κ1) is 12.8. The van der Waals surface area contributed by atoms with E-state index in [0.717, 1.165) is 5.56 Å². The van der Waals surface area contributed by atoms with E-state index < -0.39 is 9.58 Å². The third-order valence-corrected chi connectivity index (χ3v) is 2.56. The van der Waals surface area contributed by atoms with Crippen LogP contribution in [0.5, 0.6) is 0 Å². The number of alkyl halides is 3. The van der Waals surface area contributed by atoms with Crippen LogP contribution in [0.2, 0.25) is 0 Å². The SMILES string of the molecule is C[C@H](N)c1cc(C(=O)C(Cl)(Cl)Cl)n(C)c1. The van der Waals surface area contributed by atoms with Gasteiger partial charge in [0.05, 0.1) is 5.69 Å². The van der Waals surface area contributed by atoms with Gasteiger partial charge in [0, 0.05) is 19.3 Å². The fourth-order valence-electron chi connectivity index (χ4n) is 1.21. The zero-order valence-electron chi connectivity index (χ0n) is 8.30.